The number of nitrogens with zero attached hydrogens (tertiary/aromatic N) is 2. The Labute approximate surface area is 120 Å². The van der Waals surface area contributed by atoms with Gasteiger partial charge in [0.05, 0.1) is 0 Å². The van der Waals surface area contributed by atoms with Crippen LogP contribution < -0.4 is 5.32 Å². The van der Waals surface area contributed by atoms with E-state index < -0.39 is 12.1 Å². The van der Waals surface area contributed by atoms with E-state index in [1.807, 2.05) is 32.8 Å². The van der Waals surface area contributed by atoms with E-state index in [-0.39, 0.29) is 19.0 Å². The summed E-state index contributed by atoms with van der Waals surface area (Å²) in [6.45, 7) is 6.22. The largest absolute Gasteiger partial charge is 0.479 e. The summed E-state index contributed by atoms with van der Waals surface area (Å²) >= 11 is 0. The molecule has 0 spiro atoms. The summed E-state index contributed by atoms with van der Waals surface area (Å²) in [5.74, 6) is -0.918. The molecule has 0 aliphatic carbocycles. The van der Waals surface area contributed by atoms with Crippen LogP contribution in [-0.4, -0.2) is 78.4 Å². The number of likely N-dealkylation sites (N-methyl/N-ethyl adjacent to an activating group) is 1. The summed E-state index contributed by atoms with van der Waals surface area (Å²) in [6.07, 6.45) is -1.43. The number of hydrogen-bond acceptors (Lipinski definition) is 4. The molecule has 0 aliphatic rings. The minimum absolute atomic E-state index is 0.00424. The average Bonchev–Trinajstić information content (AvgIpc) is 2.33. The lowest BCUT2D eigenvalue weighted by Crippen LogP contribution is -2.45. The van der Waals surface area contributed by atoms with Gasteiger partial charge in [-0.2, -0.15) is 0 Å². The van der Waals surface area contributed by atoms with Gasteiger partial charge in [-0.05, 0) is 20.0 Å². The molecule has 0 bridgehead atoms. The molecule has 0 aromatic heterocycles. The number of urea groups is 1. The molecule has 1 atom stereocenters. The first kappa shape index (κ1) is 18.7. The zero-order chi connectivity index (χ0) is 15.7. The molecule has 0 radical (unpaired) electrons. The lowest BCUT2D eigenvalue weighted by molar-refractivity contribution is -0.146. The first-order chi connectivity index (χ1) is 9.23. The number of nitrogens with one attached hydrogen (secondary N) is 1. The molecule has 20 heavy (non-hydrogen) atoms. The van der Waals surface area contributed by atoms with Gasteiger partial charge in [-0.3, -0.25) is 0 Å². The van der Waals surface area contributed by atoms with E-state index in [0.717, 1.165) is 6.54 Å². The van der Waals surface area contributed by atoms with E-state index in [9.17, 15) is 9.59 Å². The van der Waals surface area contributed by atoms with Crippen molar-refractivity contribution in [1.29, 1.82) is 0 Å². The third-order valence-electron chi connectivity index (χ3n) is 2.67. The molecule has 0 fully saturated rings. The molecule has 0 heterocycles. The van der Waals surface area contributed by atoms with Crippen LogP contribution >= 0.6 is 0 Å². The van der Waals surface area contributed by atoms with Crippen LogP contribution in [-0.2, 0) is 4.79 Å². The molecular formula is C13H27N3O4. The average molecular weight is 289 g/mol. The lowest BCUT2D eigenvalue weighted by Gasteiger charge is -2.26. The van der Waals surface area contributed by atoms with Crippen molar-refractivity contribution in [1.82, 2.24) is 15.1 Å². The fourth-order valence-electron chi connectivity index (χ4n) is 1.59. The van der Waals surface area contributed by atoms with E-state index >= 15 is 0 Å². The van der Waals surface area contributed by atoms with E-state index in [2.05, 4.69) is 5.32 Å². The van der Waals surface area contributed by atoms with Crippen LogP contribution in [0.25, 0.3) is 0 Å². The Morgan fingerprint density at radius 1 is 1.20 bits per heavy atom. The Kier molecular flexibility index (Phi) is 8.91. The highest BCUT2D eigenvalue weighted by atomic mass is 16.4. The smallest absolute Gasteiger partial charge is 0.332 e. The summed E-state index contributed by atoms with van der Waals surface area (Å²) in [4.78, 5) is 26.2. The van der Waals surface area contributed by atoms with E-state index in [0.29, 0.717) is 19.0 Å². The zero-order valence-corrected chi connectivity index (χ0v) is 12.8. The second-order valence-corrected chi connectivity index (χ2v) is 5.52. The van der Waals surface area contributed by atoms with Gasteiger partial charge >= 0.3 is 12.0 Å². The number of aliphatic hydroxyl groups excluding tert-OH is 1. The molecule has 0 rings (SSSR count). The molecule has 7 nitrogen and oxygen atoms in total. The Morgan fingerprint density at radius 3 is 2.25 bits per heavy atom. The zero-order valence-electron chi connectivity index (χ0n) is 12.8. The lowest BCUT2D eigenvalue weighted by atomic mass is 10.2. The van der Waals surface area contributed by atoms with Crippen LogP contribution in [0.4, 0.5) is 4.79 Å². The Bertz CT molecular complexity index is 308. The third-order valence-corrected chi connectivity index (χ3v) is 2.67. The van der Waals surface area contributed by atoms with Gasteiger partial charge in [-0.15, -0.1) is 0 Å². The van der Waals surface area contributed by atoms with Gasteiger partial charge in [0.15, 0.2) is 6.10 Å². The molecule has 0 aromatic rings. The summed E-state index contributed by atoms with van der Waals surface area (Å²) < 4.78 is 0. The van der Waals surface area contributed by atoms with Gasteiger partial charge in [0, 0.05) is 32.6 Å². The monoisotopic (exact) mass is 289 g/mol. The van der Waals surface area contributed by atoms with E-state index in [1.165, 1.54) is 0 Å². The second kappa shape index (κ2) is 9.55. The first-order valence-electron chi connectivity index (χ1n) is 6.82. The molecule has 2 amide bonds. The van der Waals surface area contributed by atoms with Crippen LogP contribution in [0.1, 0.15) is 20.3 Å². The molecule has 0 unspecified atom stereocenters. The van der Waals surface area contributed by atoms with Crippen LogP contribution in [0.2, 0.25) is 0 Å². The maximum absolute atomic E-state index is 12.0. The number of carbonyl (C=O) groups excluding carboxylic acids is 1. The van der Waals surface area contributed by atoms with Gasteiger partial charge in [-0.1, -0.05) is 13.8 Å². The highest BCUT2D eigenvalue weighted by molar-refractivity contribution is 5.74. The predicted molar refractivity (Wildman–Crippen MR) is 76.6 cm³/mol. The normalized spacial score (nSPS) is 12.6. The van der Waals surface area contributed by atoms with E-state index in [4.69, 9.17) is 10.2 Å². The van der Waals surface area contributed by atoms with E-state index in [1.54, 1.807) is 4.90 Å². The van der Waals surface area contributed by atoms with Crippen molar-refractivity contribution in [2.45, 2.75) is 26.4 Å². The number of carbonyl (C=O) groups is 2. The van der Waals surface area contributed by atoms with Crippen LogP contribution in [0.3, 0.4) is 0 Å². The van der Waals surface area contributed by atoms with Crippen molar-refractivity contribution in [3.05, 3.63) is 0 Å². The topological polar surface area (TPSA) is 93.1 Å². The summed E-state index contributed by atoms with van der Waals surface area (Å²) in [5.41, 5.74) is 0. The fourth-order valence-corrected chi connectivity index (χ4v) is 1.59. The molecule has 0 saturated carbocycles. The van der Waals surface area contributed by atoms with Gasteiger partial charge < -0.3 is 25.3 Å². The third kappa shape index (κ3) is 8.71. The van der Waals surface area contributed by atoms with Crippen molar-refractivity contribution in [2.75, 3.05) is 40.3 Å². The van der Waals surface area contributed by atoms with Crippen LogP contribution in [0, 0.1) is 5.92 Å². The standard InChI is InChI=1S/C13H27N3O4/c1-10(2)9-16(8-7-15(3)4)13(20)14-6-5-11(17)12(18)19/h10-11,17H,5-9H2,1-4H3,(H,14,20)(H,18,19)/t11-/m0/s1. The number of amides is 2. The number of carboxylic acid groups (broad SMARTS) is 1. The number of aliphatic hydroxyl groups is 1. The number of carboxylic acids is 1. The van der Waals surface area contributed by atoms with Crippen molar-refractivity contribution in [3.63, 3.8) is 0 Å². The van der Waals surface area contributed by atoms with Gasteiger partial charge in [0.25, 0.3) is 0 Å². The molecule has 118 valence electrons. The van der Waals surface area contributed by atoms with Gasteiger partial charge in [0.2, 0.25) is 0 Å². The fraction of sp³-hybridized carbons (Fsp3) is 0.846. The van der Waals surface area contributed by atoms with Crippen molar-refractivity contribution in [3.8, 4) is 0 Å². The maximum Gasteiger partial charge on any atom is 0.332 e. The Balaban J connectivity index is 4.22. The summed E-state index contributed by atoms with van der Waals surface area (Å²) in [5, 5.41) is 20.3. The van der Waals surface area contributed by atoms with Gasteiger partial charge in [-0.25, -0.2) is 9.59 Å². The van der Waals surface area contributed by atoms with Gasteiger partial charge in [0.1, 0.15) is 0 Å². The highest BCUT2D eigenvalue weighted by Crippen LogP contribution is 2.00. The minimum Gasteiger partial charge on any atom is -0.479 e. The van der Waals surface area contributed by atoms with Crippen molar-refractivity contribution in [2.24, 2.45) is 5.92 Å². The number of rotatable bonds is 9. The molecule has 0 aromatic carbocycles. The summed E-state index contributed by atoms with van der Waals surface area (Å²) in [6, 6.07) is -0.224. The van der Waals surface area contributed by atoms with Crippen molar-refractivity contribution < 1.29 is 19.8 Å². The maximum atomic E-state index is 12.0. The summed E-state index contributed by atoms with van der Waals surface area (Å²) in [7, 11) is 3.88. The molecule has 0 saturated heterocycles. The molecule has 3 N–H and O–H groups in total. The quantitative estimate of drug-likeness (QED) is 0.558. The number of hydrogen-bond donors (Lipinski definition) is 3. The molecule has 0 aliphatic heterocycles. The Hall–Kier alpha value is -1.34. The Morgan fingerprint density at radius 2 is 1.80 bits per heavy atom. The minimum atomic E-state index is -1.43. The van der Waals surface area contributed by atoms with Crippen LogP contribution in [0.5, 0.6) is 0 Å². The van der Waals surface area contributed by atoms with Crippen LogP contribution in [0.15, 0.2) is 0 Å². The molecular weight excluding hydrogens is 262 g/mol. The van der Waals surface area contributed by atoms with Crippen molar-refractivity contribution >= 4 is 12.0 Å². The second-order valence-electron chi connectivity index (χ2n) is 5.52. The predicted octanol–water partition coefficient (Wildman–Crippen LogP) is 0.0512. The SMILES string of the molecule is CC(C)CN(CCN(C)C)C(=O)NCC[C@H](O)C(=O)O. The number of aliphatic carboxylic acids is 1. The highest BCUT2D eigenvalue weighted by Gasteiger charge is 2.17. The first-order valence-corrected chi connectivity index (χ1v) is 6.82. The molecule has 7 heteroatoms.